The molecule has 0 saturated heterocycles. The van der Waals surface area contributed by atoms with Gasteiger partial charge in [0.05, 0.1) is 5.69 Å². The zero-order chi connectivity index (χ0) is 13.4. The fourth-order valence-electron chi connectivity index (χ4n) is 1.85. The highest BCUT2D eigenvalue weighted by atomic mass is 16.3. The first kappa shape index (κ1) is 14.6. The van der Waals surface area contributed by atoms with E-state index in [1.54, 1.807) is 12.1 Å². The van der Waals surface area contributed by atoms with Crippen LogP contribution >= 0.6 is 0 Å². The molecule has 0 aliphatic rings. The predicted octanol–water partition coefficient (Wildman–Crippen LogP) is 4.00. The molecule has 0 aliphatic heterocycles. The Morgan fingerprint density at radius 1 is 1.22 bits per heavy atom. The predicted molar refractivity (Wildman–Crippen MR) is 74.8 cm³/mol. The number of unbranched alkanes of at least 4 members (excludes halogenated alkanes) is 4. The summed E-state index contributed by atoms with van der Waals surface area (Å²) in [5, 5.41) is 12.4. The summed E-state index contributed by atoms with van der Waals surface area (Å²) >= 11 is 0. The molecule has 0 aliphatic carbocycles. The van der Waals surface area contributed by atoms with E-state index in [0.29, 0.717) is 12.1 Å². The van der Waals surface area contributed by atoms with Gasteiger partial charge in [-0.2, -0.15) is 0 Å². The van der Waals surface area contributed by atoms with Crippen molar-refractivity contribution in [2.24, 2.45) is 0 Å². The lowest BCUT2D eigenvalue weighted by molar-refractivity contribution is -0.116. The normalized spacial score (nSPS) is 10.3. The third-order valence-corrected chi connectivity index (χ3v) is 2.93. The van der Waals surface area contributed by atoms with E-state index in [-0.39, 0.29) is 11.7 Å². The molecule has 0 heterocycles. The number of benzene rings is 1. The third kappa shape index (κ3) is 5.21. The summed E-state index contributed by atoms with van der Waals surface area (Å²) in [5.74, 6) is 0.104. The first-order valence-electron chi connectivity index (χ1n) is 6.73. The molecular weight excluding hydrogens is 226 g/mol. The number of aryl methyl sites for hydroxylation is 1. The van der Waals surface area contributed by atoms with Gasteiger partial charge in [-0.3, -0.25) is 4.79 Å². The highest BCUT2D eigenvalue weighted by Gasteiger charge is 2.06. The van der Waals surface area contributed by atoms with Gasteiger partial charge in [0, 0.05) is 6.42 Å². The largest absolute Gasteiger partial charge is 0.506 e. The van der Waals surface area contributed by atoms with E-state index in [1.807, 2.05) is 13.0 Å². The van der Waals surface area contributed by atoms with Crippen molar-refractivity contribution in [2.75, 3.05) is 5.32 Å². The molecule has 100 valence electrons. The van der Waals surface area contributed by atoms with Crippen molar-refractivity contribution in [3.05, 3.63) is 23.8 Å². The van der Waals surface area contributed by atoms with Crippen LogP contribution < -0.4 is 5.32 Å². The number of carbonyl (C=O) groups excluding carboxylic acids is 1. The van der Waals surface area contributed by atoms with Crippen LogP contribution in [0, 0.1) is 6.92 Å². The van der Waals surface area contributed by atoms with E-state index in [1.165, 1.54) is 19.3 Å². The summed E-state index contributed by atoms with van der Waals surface area (Å²) in [6.07, 6.45) is 6.18. The van der Waals surface area contributed by atoms with Gasteiger partial charge in [0.2, 0.25) is 5.91 Å². The zero-order valence-electron chi connectivity index (χ0n) is 11.3. The summed E-state index contributed by atoms with van der Waals surface area (Å²) in [7, 11) is 0. The van der Waals surface area contributed by atoms with Gasteiger partial charge in [-0.05, 0) is 31.0 Å². The van der Waals surface area contributed by atoms with Crippen LogP contribution in [-0.2, 0) is 4.79 Å². The van der Waals surface area contributed by atoms with Gasteiger partial charge in [0.25, 0.3) is 0 Å². The fourth-order valence-corrected chi connectivity index (χ4v) is 1.85. The molecule has 0 radical (unpaired) electrons. The fraction of sp³-hybridized carbons (Fsp3) is 0.533. The molecule has 0 fully saturated rings. The van der Waals surface area contributed by atoms with Crippen LogP contribution in [-0.4, -0.2) is 11.0 Å². The topological polar surface area (TPSA) is 49.3 Å². The number of hydrogen-bond donors (Lipinski definition) is 2. The molecule has 0 unspecified atom stereocenters. The summed E-state index contributed by atoms with van der Waals surface area (Å²) in [6.45, 7) is 4.10. The Hall–Kier alpha value is -1.51. The van der Waals surface area contributed by atoms with Crippen LogP contribution in [0.4, 0.5) is 5.69 Å². The first-order valence-corrected chi connectivity index (χ1v) is 6.73. The van der Waals surface area contributed by atoms with E-state index in [9.17, 15) is 9.90 Å². The maximum absolute atomic E-state index is 11.7. The lowest BCUT2D eigenvalue weighted by atomic mass is 10.1. The van der Waals surface area contributed by atoms with Gasteiger partial charge >= 0.3 is 0 Å². The van der Waals surface area contributed by atoms with Crippen LogP contribution in [0.5, 0.6) is 5.75 Å². The van der Waals surface area contributed by atoms with Gasteiger partial charge in [-0.15, -0.1) is 0 Å². The minimum absolute atomic E-state index is 0.0209. The van der Waals surface area contributed by atoms with Gasteiger partial charge in [-0.1, -0.05) is 38.7 Å². The molecule has 1 amide bonds. The lowest BCUT2D eigenvalue weighted by Gasteiger charge is -2.08. The Bertz CT molecular complexity index is 388. The zero-order valence-corrected chi connectivity index (χ0v) is 11.3. The molecular formula is C15H23NO2. The average Bonchev–Trinajstić information content (AvgIpc) is 2.33. The highest BCUT2D eigenvalue weighted by molar-refractivity contribution is 5.92. The van der Waals surface area contributed by atoms with Crippen molar-refractivity contribution >= 4 is 11.6 Å². The van der Waals surface area contributed by atoms with Crippen molar-refractivity contribution in [1.82, 2.24) is 0 Å². The van der Waals surface area contributed by atoms with Crippen molar-refractivity contribution in [2.45, 2.75) is 52.4 Å². The number of amides is 1. The van der Waals surface area contributed by atoms with Gasteiger partial charge in [-0.25, -0.2) is 0 Å². The monoisotopic (exact) mass is 249 g/mol. The molecule has 0 bridgehead atoms. The minimum atomic E-state index is -0.0209. The number of anilines is 1. The number of phenols is 1. The molecule has 0 aromatic heterocycles. The Morgan fingerprint density at radius 2 is 1.94 bits per heavy atom. The maximum Gasteiger partial charge on any atom is 0.224 e. The quantitative estimate of drug-likeness (QED) is 0.567. The Kier molecular flexibility index (Phi) is 6.26. The van der Waals surface area contributed by atoms with Crippen LogP contribution in [0.2, 0.25) is 0 Å². The van der Waals surface area contributed by atoms with Crippen molar-refractivity contribution in [1.29, 1.82) is 0 Å². The molecule has 0 atom stereocenters. The number of carbonyl (C=O) groups is 1. The molecule has 3 nitrogen and oxygen atoms in total. The summed E-state index contributed by atoms with van der Waals surface area (Å²) < 4.78 is 0. The highest BCUT2D eigenvalue weighted by Crippen LogP contribution is 2.24. The third-order valence-electron chi connectivity index (χ3n) is 2.93. The molecule has 3 heteroatoms. The summed E-state index contributed by atoms with van der Waals surface area (Å²) in [5.41, 5.74) is 1.53. The molecule has 0 spiro atoms. The number of hydrogen-bond acceptors (Lipinski definition) is 2. The maximum atomic E-state index is 11.7. The van der Waals surface area contributed by atoms with E-state index in [4.69, 9.17) is 0 Å². The first-order chi connectivity index (χ1) is 8.63. The van der Waals surface area contributed by atoms with E-state index in [2.05, 4.69) is 12.2 Å². The smallest absolute Gasteiger partial charge is 0.224 e. The summed E-state index contributed by atoms with van der Waals surface area (Å²) in [6, 6.07) is 5.20. The second kappa shape index (κ2) is 7.75. The number of nitrogens with one attached hydrogen (secondary N) is 1. The average molecular weight is 249 g/mol. The molecule has 2 N–H and O–H groups in total. The van der Waals surface area contributed by atoms with Gasteiger partial charge < -0.3 is 10.4 Å². The SMILES string of the molecule is CCCCCCCC(=O)Nc1cc(C)ccc1O. The van der Waals surface area contributed by atoms with Crippen molar-refractivity contribution in [3.8, 4) is 5.75 Å². The van der Waals surface area contributed by atoms with Gasteiger partial charge in [0.1, 0.15) is 5.75 Å². The molecule has 1 aromatic carbocycles. The lowest BCUT2D eigenvalue weighted by Crippen LogP contribution is -2.11. The second-order valence-electron chi connectivity index (χ2n) is 4.73. The number of aromatic hydroxyl groups is 1. The van der Waals surface area contributed by atoms with Crippen LogP contribution in [0.25, 0.3) is 0 Å². The summed E-state index contributed by atoms with van der Waals surface area (Å²) in [4.78, 5) is 11.7. The number of phenolic OH excluding ortho intramolecular Hbond substituents is 1. The molecule has 1 rings (SSSR count). The number of rotatable bonds is 7. The van der Waals surface area contributed by atoms with E-state index in [0.717, 1.165) is 18.4 Å². The van der Waals surface area contributed by atoms with Crippen LogP contribution in [0.15, 0.2) is 18.2 Å². The Labute approximate surface area is 109 Å². The molecule has 18 heavy (non-hydrogen) atoms. The van der Waals surface area contributed by atoms with Crippen molar-refractivity contribution < 1.29 is 9.90 Å². The van der Waals surface area contributed by atoms with E-state index < -0.39 is 0 Å². The second-order valence-corrected chi connectivity index (χ2v) is 4.73. The van der Waals surface area contributed by atoms with Gasteiger partial charge in [0.15, 0.2) is 0 Å². The van der Waals surface area contributed by atoms with Crippen molar-refractivity contribution in [3.63, 3.8) is 0 Å². The van der Waals surface area contributed by atoms with E-state index >= 15 is 0 Å². The standard InChI is InChI=1S/C15H23NO2/c1-3-4-5-6-7-8-15(18)16-13-11-12(2)9-10-14(13)17/h9-11,17H,3-8H2,1-2H3,(H,16,18). The Balaban J connectivity index is 2.33. The van der Waals surface area contributed by atoms with Crippen LogP contribution in [0.1, 0.15) is 51.0 Å². The molecule has 1 aromatic rings. The Morgan fingerprint density at radius 3 is 2.67 bits per heavy atom. The molecule has 0 saturated carbocycles. The van der Waals surface area contributed by atoms with Crippen LogP contribution in [0.3, 0.4) is 0 Å². The minimum Gasteiger partial charge on any atom is -0.506 e.